The van der Waals surface area contributed by atoms with E-state index in [1.807, 2.05) is 24.3 Å². The molecule has 5 nitrogen and oxygen atoms in total. The van der Waals surface area contributed by atoms with Crippen molar-refractivity contribution in [2.75, 3.05) is 6.61 Å². The van der Waals surface area contributed by atoms with Crippen molar-refractivity contribution >= 4 is 12.1 Å². The first-order valence-corrected chi connectivity index (χ1v) is 14.0. The van der Waals surface area contributed by atoms with Crippen LogP contribution in [0.2, 0.25) is 0 Å². The number of ether oxygens (including phenoxy) is 1. The second-order valence-corrected chi connectivity index (χ2v) is 10.0. The van der Waals surface area contributed by atoms with Crippen LogP contribution in [0.4, 0.5) is 4.79 Å². The molecule has 0 bridgehead atoms. The lowest BCUT2D eigenvalue weighted by Gasteiger charge is -2.17. The maximum absolute atomic E-state index is 12.5. The van der Waals surface area contributed by atoms with E-state index in [0.29, 0.717) is 6.42 Å². The minimum absolute atomic E-state index is 0.0391. The number of carboxylic acids is 1. The van der Waals surface area contributed by atoms with Crippen molar-refractivity contribution in [3.05, 3.63) is 59.7 Å². The molecule has 0 spiro atoms. The summed E-state index contributed by atoms with van der Waals surface area (Å²) in [6, 6.07) is 15.4. The normalized spacial score (nSPS) is 13.1. The zero-order chi connectivity index (χ0) is 25.6. The highest BCUT2D eigenvalue weighted by molar-refractivity contribution is 5.81. The maximum atomic E-state index is 12.5. The SMILES string of the molecule is CCCCCCCCCCCCCC[C@H](NC(=O)OCC1c2ccccc2-c2ccccc21)C(=O)O. The predicted molar refractivity (Wildman–Crippen MR) is 145 cm³/mol. The highest BCUT2D eigenvalue weighted by Crippen LogP contribution is 2.44. The number of alkyl carbamates (subject to hydrolysis) is 1. The molecule has 1 aliphatic carbocycles. The van der Waals surface area contributed by atoms with Gasteiger partial charge in [-0.15, -0.1) is 0 Å². The largest absolute Gasteiger partial charge is 0.480 e. The number of hydrogen-bond acceptors (Lipinski definition) is 3. The standard InChI is InChI=1S/C31H43NO4/c1-2-3-4-5-6-7-8-9-10-11-12-13-22-29(30(33)34)32-31(35)36-23-28-26-20-16-14-18-24(26)25-19-15-17-21-27(25)28/h14-21,28-29H,2-13,22-23H2,1H3,(H,32,35)(H,33,34)/t29-/m0/s1. The lowest BCUT2D eigenvalue weighted by molar-refractivity contribution is -0.139. The summed E-state index contributed by atoms with van der Waals surface area (Å²) in [5, 5.41) is 12.1. The lowest BCUT2D eigenvalue weighted by atomic mass is 9.98. The van der Waals surface area contributed by atoms with Crippen LogP contribution in [0.5, 0.6) is 0 Å². The molecule has 1 atom stereocenters. The van der Waals surface area contributed by atoms with Crippen molar-refractivity contribution in [3.63, 3.8) is 0 Å². The van der Waals surface area contributed by atoms with Crippen molar-refractivity contribution in [2.24, 2.45) is 0 Å². The van der Waals surface area contributed by atoms with Crippen LogP contribution in [0.25, 0.3) is 11.1 Å². The minimum atomic E-state index is -1.01. The zero-order valence-electron chi connectivity index (χ0n) is 21.8. The summed E-state index contributed by atoms with van der Waals surface area (Å²) in [7, 11) is 0. The summed E-state index contributed by atoms with van der Waals surface area (Å²) in [6.45, 7) is 2.43. The maximum Gasteiger partial charge on any atom is 0.407 e. The van der Waals surface area contributed by atoms with Crippen LogP contribution < -0.4 is 5.32 Å². The number of hydrogen-bond donors (Lipinski definition) is 2. The molecule has 36 heavy (non-hydrogen) atoms. The van der Waals surface area contributed by atoms with E-state index < -0.39 is 18.1 Å². The average molecular weight is 494 g/mol. The number of aliphatic carboxylic acids is 1. The first kappa shape index (κ1) is 27.8. The van der Waals surface area contributed by atoms with Gasteiger partial charge in [-0.25, -0.2) is 9.59 Å². The quantitative estimate of drug-likeness (QED) is 0.218. The molecule has 0 aromatic heterocycles. The van der Waals surface area contributed by atoms with Crippen LogP contribution in [0.15, 0.2) is 48.5 Å². The van der Waals surface area contributed by atoms with Gasteiger partial charge < -0.3 is 15.2 Å². The van der Waals surface area contributed by atoms with Gasteiger partial charge in [-0.1, -0.05) is 133 Å². The second-order valence-electron chi connectivity index (χ2n) is 10.0. The number of carbonyl (C=O) groups excluding carboxylic acids is 1. The first-order valence-electron chi connectivity index (χ1n) is 14.0. The number of carbonyl (C=O) groups is 2. The highest BCUT2D eigenvalue weighted by atomic mass is 16.5. The van der Waals surface area contributed by atoms with Gasteiger partial charge in [0.2, 0.25) is 0 Å². The average Bonchev–Trinajstić information content (AvgIpc) is 3.21. The third kappa shape index (κ3) is 8.39. The number of amides is 1. The van der Waals surface area contributed by atoms with Crippen molar-refractivity contribution in [2.45, 2.75) is 102 Å². The summed E-state index contributed by atoms with van der Waals surface area (Å²) in [6.07, 6.45) is 14.5. The van der Waals surface area contributed by atoms with Crippen LogP contribution in [0.3, 0.4) is 0 Å². The molecule has 1 aliphatic rings. The molecule has 0 saturated carbocycles. The summed E-state index contributed by atoms with van der Waals surface area (Å²) < 4.78 is 5.52. The van der Waals surface area contributed by atoms with Crippen molar-refractivity contribution < 1.29 is 19.4 Å². The highest BCUT2D eigenvalue weighted by Gasteiger charge is 2.29. The zero-order valence-corrected chi connectivity index (χ0v) is 21.8. The van der Waals surface area contributed by atoms with Crippen LogP contribution >= 0.6 is 0 Å². The summed E-state index contributed by atoms with van der Waals surface area (Å²) in [4.78, 5) is 24.1. The third-order valence-electron chi connectivity index (χ3n) is 7.28. The van der Waals surface area contributed by atoms with E-state index >= 15 is 0 Å². The number of unbranched alkanes of at least 4 members (excludes halogenated alkanes) is 11. The molecule has 0 unspecified atom stereocenters. The molecular weight excluding hydrogens is 450 g/mol. The lowest BCUT2D eigenvalue weighted by Crippen LogP contribution is -2.41. The molecule has 1 amide bonds. The first-order chi connectivity index (χ1) is 17.6. The van der Waals surface area contributed by atoms with Gasteiger partial charge in [0, 0.05) is 5.92 Å². The molecule has 2 N–H and O–H groups in total. The Morgan fingerprint density at radius 2 is 1.25 bits per heavy atom. The van der Waals surface area contributed by atoms with E-state index in [0.717, 1.165) is 41.5 Å². The fraction of sp³-hybridized carbons (Fsp3) is 0.548. The van der Waals surface area contributed by atoms with Gasteiger partial charge >= 0.3 is 12.1 Å². The molecule has 0 saturated heterocycles. The van der Waals surface area contributed by atoms with Crippen molar-refractivity contribution in [3.8, 4) is 11.1 Å². The Morgan fingerprint density at radius 1 is 0.778 bits per heavy atom. The molecule has 196 valence electrons. The van der Waals surface area contributed by atoms with Crippen molar-refractivity contribution in [1.82, 2.24) is 5.32 Å². The third-order valence-corrected chi connectivity index (χ3v) is 7.28. The number of benzene rings is 2. The summed E-state index contributed by atoms with van der Waals surface area (Å²) in [5.74, 6) is -1.05. The Morgan fingerprint density at radius 3 is 1.75 bits per heavy atom. The fourth-order valence-corrected chi connectivity index (χ4v) is 5.23. The van der Waals surface area contributed by atoms with E-state index in [4.69, 9.17) is 4.74 Å². The number of nitrogens with one attached hydrogen (secondary N) is 1. The van der Waals surface area contributed by atoms with Crippen LogP contribution in [0.1, 0.15) is 107 Å². The molecule has 2 aromatic rings. The van der Waals surface area contributed by atoms with E-state index in [1.54, 1.807) is 0 Å². The van der Waals surface area contributed by atoms with Crippen LogP contribution in [-0.4, -0.2) is 29.8 Å². The molecule has 3 rings (SSSR count). The topological polar surface area (TPSA) is 75.6 Å². The predicted octanol–water partition coefficient (Wildman–Crippen LogP) is 8.07. The van der Waals surface area contributed by atoms with E-state index in [1.165, 1.54) is 57.8 Å². The molecule has 0 radical (unpaired) electrons. The molecule has 2 aromatic carbocycles. The Hall–Kier alpha value is -2.82. The number of fused-ring (bicyclic) bond motifs is 3. The van der Waals surface area contributed by atoms with Gasteiger partial charge in [-0.2, -0.15) is 0 Å². The van der Waals surface area contributed by atoms with E-state index in [9.17, 15) is 14.7 Å². The number of rotatable bonds is 17. The molecule has 0 heterocycles. The Kier molecular flexibility index (Phi) is 11.8. The molecule has 0 fully saturated rings. The van der Waals surface area contributed by atoms with Gasteiger partial charge in [0.05, 0.1) is 0 Å². The van der Waals surface area contributed by atoms with Gasteiger partial charge in [0.15, 0.2) is 0 Å². The molecular formula is C31H43NO4. The Labute approximate surface area is 216 Å². The molecule has 0 aliphatic heterocycles. The molecule has 5 heteroatoms. The van der Waals surface area contributed by atoms with Crippen LogP contribution in [-0.2, 0) is 9.53 Å². The Bertz CT molecular complexity index is 912. The summed E-state index contributed by atoms with van der Waals surface area (Å²) >= 11 is 0. The van der Waals surface area contributed by atoms with Gasteiger partial charge in [0.1, 0.15) is 12.6 Å². The Balaban J connectivity index is 1.33. The van der Waals surface area contributed by atoms with Crippen molar-refractivity contribution in [1.29, 1.82) is 0 Å². The van der Waals surface area contributed by atoms with Gasteiger partial charge in [-0.05, 0) is 28.7 Å². The fourth-order valence-electron chi connectivity index (χ4n) is 5.23. The number of carboxylic acid groups (broad SMARTS) is 1. The van der Waals surface area contributed by atoms with Gasteiger partial charge in [-0.3, -0.25) is 0 Å². The monoisotopic (exact) mass is 493 g/mol. The summed E-state index contributed by atoms with van der Waals surface area (Å²) in [5.41, 5.74) is 4.60. The minimum Gasteiger partial charge on any atom is -0.480 e. The van der Waals surface area contributed by atoms with E-state index in [2.05, 4.69) is 36.5 Å². The second kappa shape index (κ2) is 15.3. The van der Waals surface area contributed by atoms with Gasteiger partial charge in [0.25, 0.3) is 0 Å². The van der Waals surface area contributed by atoms with Crippen LogP contribution in [0, 0.1) is 0 Å². The smallest absolute Gasteiger partial charge is 0.407 e. The van der Waals surface area contributed by atoms with E-state index in [-0.39, 0.29) is 12.5 Å².